The van der Waals surface area contributed by atoms with Crippen LogP contribution in [0, 0.1) is 5.92 Å². The second-order valence-corrected chi connectivity index (χ2v) is 11.0. The number of carbonyl (C=O) groups excluding carboxylic acids is 2. The van der Waals surface area contributed by atoms with E-state index in [0.29, 0.717) is 23.5 Å². The topological polar surface area (TPSA) is 112 Å². The van der Waals surface area contributed by atoms with E-state index in [4.69, 9.17) is 4.74 Å². The van der Waals surface area contributed by atoms with Gasteiger partial charge in [-0.15, -0.1) is 0 Å². The molecule has 0 saturated heterocycles. The Bertz CT molecular complexity index is 1740. The molecule has 2 heterocycles. The second-order valence-electron chi connectivity index (χ2n) is 11.0. The molecule has 5 rings (SSSR count). The van der Waals surface area contributed by atoms with Crippen LogP contribution in [0.3, 0.4) is 0 Å². The van der Waals surface area contributed by atoms with Crippen molar-refractivity contribution >= 4 is 17.5 Å². The van der Waals surface area contributed by atoms with Crippen LogP contribution in [0.15, 0.2) is 114 Å². The first-order valence-electron chi connectivity index (χ1n) is 14.9. The van der Waals surface area contributed by atoms with Crippen molar-refractivity contribution in [3.63, 3.8) is 0 Å². The number of hydrogen-bond acceptors (Lipinski definition) is 6. The lowest BCUT2D eigenvalue weighted by Crippen LogP contribution is -2.44. The molecule has 1 aliphatic rings. The molecule has 4 aromatic rings. The molecule has 0 spiro atoms. The smallest absolute Gasteiger partial charge is 0.297 e. The van der Waals surface area contributed by atoms with Crippen LogP contribution >= 0.6 is 0 Å². The van der Waals surface area contributed by atoms with Crippen molar-refractivity contribution in [3.8, 4) is 11.4 Å². The van der Waals surface area contributed by atoms with Crippen molar-refractivity contribution in [2.75, 3.05) is 25.2 Å². The Morgan fingerprint density at radius 3 is 2.33 bits per heavy atom. The summed E-state index contributed by atoms with van der Waals surface area (Å²) >= 11 is 0. The minimum atomic E-state index is -1.96. The third-order valence-corrected chi connectivity index (χ3v) is 8.16. The summed E-state index contributed by atoms with van der Waals surface area (Å²) in [5.74, 6) is -1.24. The fourth-order valence-corrected chi connectivity index (χ4v) is 5.70. The molecule has 0 saturated carbocycles. The van der Waals surface area contributed by atoms with E-state index in [1.54, 1.807) is 65.4 Å². The molecule has 3 aromatic carbocycles. The molecule has 232 valence electrons. The maximum absolute atomic E-state index is 14.1. The van der Waals surface area contributed by atoms with Crippen LogP contribution in [0.25, 0.3) is 5.69 Å². The highest BCUT2D eigenvalue weighted by molar-refractivity contribution is 6.07. The summed E-state index contributed by atoms with van der Waals surface area (Å²) < 4.78 is 6.62. The first kappa shape index (κ1) is 31.4. The maximum Gasteiger partial charge on any atom is 0.297 e. The summed E-state index contributed by atoms with van der Waals surface area (Å²) in [6.45, 7) is 2.36. The van der Waals surface area contributed by atoms with Crippen LogP contribution in [0.5, 0.6) is 5.75 Å². The second kappa shape index (κ2) is 13.8. The van der Waals surface area contributed by atoms with E-state index in [1.807, 2.05) is 60.7 Å². The monoisotopic (exact) mass is 607 g/mol. The van der Waals surface area contributed by atoms with E-state index in [0.717, 1.165) is 11.1 Å². The van der Waals surface area contributed by atoms with Crippen molar-refractivity contribution in [1.29, 1.82) is 0 Å². The van der Waals surface area contributed by atoms with Crippen molar-refractivity contribution in [1.82, 2.24) is 9.47 Å². The van der Waals surface area contributed by atoms with E-state index in [9.17, 15) is 24.6 Å². The van der Waals surface area contributed by atoms with E-state index in [1.165, 1.54) is 11.7 Å². The van der Waals surface area contributed by atoms with Gasteiger partial charge in [-0.3, -0.25) is 19.0 Å². The Hall–Kier alpha value is -4.99. The van der Waals surface area contributed by atoms with Gasteiger partial charge in [0.2, 0.25) is 5.91 Å². The molecular weight excluding hydrogens is 570 g/mol. The molecule has 9 heteroatoms. The van der Waals surface area contributed by atoms with E-state index < -0.39 is 17.4 Å². The number of nitrogens with zero attached hydrogens (tertiary/aromatic N) is 3. The number of benzene rings is 3. The number of methoxy groups -OCH3 is 1. The lowest BCUT2D eigenvalue weighted by Gasteiger charge is -2.28. The quantitative estimate of drug-likeness (QED) is 0.234. The summed E-state index contributed by atoms with van der Waals surface area (Å²) in [5, 5.41) is 21.8. The standard InChI is InChI=1S/C36H37N3O6/c1-26(11-9-17-33(41)37(21-22-40)24-27-12-5-3-6-13-27)36(44)30-23-29(38-20-10-16-32(45-2)34(38)42)18-19-31(30)39(35(36)43)25-28-14-7-4-8-15-28/h3-16,18-20,23,26,40,44H,17,21-22,24-25H2,1-2H3/b11-9+/t26-,36+/m0/s1. The minimum Gasteiger partial charge on any atom is -0.491 e. The third-order valence-electron chi connectivity index (χ3n) is 8.16. The molecular formula is C36H37N3O6. The molecule has 0 bridgehead atoms. The number of fused-ring (bicyclic) bond motifs is 1. The fraction of sp³-hybridized carbons (Fsp3) is 0.250. The largest absolute Gasteiger partial charge is 0.491 e. The zero-order chi connectivity index (χ0) is 32.0. The Morgan fingerprint density at radius 1 is 0.978 bits per heavy atom. The number of aliphatic hydroxyl groups excluding tert-OH is 1. The van der Waals surface area contributed by atoms with E-state index >= 15 is 0 Å². The average Bonchev–Trinajstić information content (AvgIpc) is 3.27. The summed E-state index contributed by atoms with van der Waals surface area (Å²) in [7, 11) is 1.42. The first-order chi connectivity index (χ1) is 21.8. The lowest BCUT2D eigenvalue weighted by atomic mass is 9.82. The molecule has 0 aliphatic carbocycles. The van der Waals surface area contributed by atoms with Gasteiger partial charge in [-0.25, -0.2) is 0 Å². The fourth-order valence-electron chi connectivity index (χ4n) is 5.70. The van der Waals surface area contributed by atoms with Gasteiger partial charge in [-0.05, 0) is 41.5 Å². The lowest BCUT2D eigenvalue weighted by molar-refractivity contribution is -0.139. The van der Waals surface area contributed by atoms with Crippen molar-refractivity contribution in [2.24, 2.45) is 5.92 Å². The number of pyridine rings is 1. The first-order valence-corrected chi connectivity index (χ1v) is 14.9. The van der Waals surface area contributed by atoms with Crippen LogP contribution in [0.4, 0.5) is 5.69 Å². The third kappa shape index (κ3) is 6.45. The number of aliphatic hydroxyl groups is 2. The maximum atomic E-state index is 14.1. The molecule has 45 heavy (non-hydrogen) atoms. The Balaban J connectivity index is 1.45. The van der Waals surface area contributed by atoms with Crippen LogP contribution in [0.1, 0.15) is 30.0 Å². The Morgan fingerprint density at radius 2 is 1.67 bits per heavy atom. The molecule has 2 N–H and O–H groups in total. The van der Waals surface area contributed by atoms with Crippen molar-refractivity contribution < 1.29 is 24.5 Å². The van der Waals surface area contributed by atoms with Gasteiger partial charge in [0.1, 0.15) is 0 Å². The summed E-state index contributed by atoms with van der Waals surface area (Å²) in [4.78, 5) is 43.4. The van der Waals surface area contributed by atoms with Crippen LogP contribution in [0.2, 0.25) is 0 Å². The average molecular weight is 608 g/mol. The number of ether oxygens (including phenoxy) is 1. The van der Waals surface area contributed by atoms with E-state index in [2.05, 4.69) is 0 Å². The van der Waals surface area contributed by atoms with Gasteiger partial charge >= 0.3 is 0 Å². The minimum absolute atomic E-state index is 0.0290. The highest BCUT2D eigenvalue weighted by Gasteiger charge is 2.52. The van der Waals surface area contributed by atoms with Crippen molar-refractivity contribution in [2.45, 2.75) is 32.0 Å². The highest BCUT2D eigenvalue weighted by atomic mass is 16.5. The molecule has 2 amide bonds. The molecule has 2 atom stereocenters. The van der Waals surface area contributed by atoms with Crippen LogP contribution < -0.4 is 15.2 Å². The molecule has 0 fully saturated rings. The molecule has 0 unspecified atom stereocenters. The van der Waals surface area contributed by atoms with Gasteiger partial charge < -0.3 is 24.7 Å². The predicted octanol–water partition coefficient (Wildman–Crippen LogP) is 4.18. The zero-order valence-corrected chi connectivity index (χ0v) is 25.4. The number of carbonyl (C=O) groups is 2. The summed E-state index contributed by atoms with van der Waals surface area (Å²) in [6, 6.07) is 27.4. The molecule has 9 nitrogen and oxygen atoms in total. The Kier molecular flexibility index (Phi) is 9.61. The number of hydrogen-bond donors (Lipinski definition) is 2. The number of anilines is 1. The van der Waals surface area contributed by atoms with Gasteiger partial charge in [-0.1, -0.05) is 79.7 Å². The molecule has 1 aliphatic heterocycles. The van der Waals surface area contributed by atoms with Crippen LogP contribution in [-0.4, -0.2) is 51.8 Å². The van der Waals surface area contributed by atoms with Gasteiger partial charge in [0.15, 0.2) is 11.4 Å². The van der Waals surface area contributed by atoms with Gasteiger partial charge in [0, 0.05) is 42.9 Å². The molecule has 1 aromatic heterocycles. The number of rotatable bonds is 12. The van der Waals surface area contributed by atoms with Gasteiger partial charge in [0.05, 0.1) is 25.9 Å². The summed E-state index contributed by atoms with van der Waals surface area (Å²) in [5.41, 5.74) is 0.885. The van der Waals surface area contributed by atoms with Crippen LogP contribution in [-0.2, 0) is 28.3 Å². The van der Waals surface area contributed by atoms with Crippen molar-refractivity contribution in [3.05, 3.63) is 136 Å². The zero-order valence-electron chi connectivity index (χ0n) is 25.4. The SMILES string of the molecule is COc1cccn(-c2ccc3c(c2)[C@](O)([C@@H](C)/C=C/CC(=O)N(CCO)Cc2ccccc2)C(=O)N3Cc2ccccc2)c1=O. The van der Waals surface area contributed by atoms with E-state index in [-0.39, 0.29) is 43.3 Å². The molecule has 0 radical (unpaired) electrons. The van der Waals surface area contributed by atoms with Gasteiger partial charge in [0.25, 0.3) is 11.5 Å². The number of aromatic nitrogens is 1. The number of amides is 2. The van der Waals surface area contributed by atoms with Gasteiger partial charge in [-0.2, -0.15) is 0 Å². The summed E-state index contributed by atoms with van der Waals surface area (Å²) in [6.07, 6.45) is 4.97. The predicted molar refractivity (Wildman–Crippen MR) is 172 cm³/mol. The normalized spacial score (nSPS) is 16.5. The Labute approximate surface area is 262 Å². The highest BCUT2D eigenvalue weighted by Crippen LogP contribution is 2.46.